The topological polar surface area (TPSA) is 23.8 Å². The fourth-order valence-electron chi connectivity index (χ4n) is 5.16. The second-order valence-corrected chi connectivity index (χ2v) is 9.53. The molecule has 166 valence electrons. The van der Waals surface area contributed by atoms with Crippen LogP contribution in [-0.4, -0.2) is 0 Å². The van der Waals surface area contributed by atoms with Crippen molar-refractivity contribution >= 4 is 0 Å². The number of unbranched alkanes of at least 4 members (excludes halogenated alkanes) is 1. The van der Waals surface area contributed by atoms with Crippen LogP contribution in [0.3, 0.4) is 0 Å². The molecule has 0 N–H and O–H groups in total. The van der Waals surface area contributed by atoms with Gasteiger partial charge in [-0.1, -0.05) is 61.9 Å². The molecule has 0 radical (unpaired) electrons. The Morgan fingerprint density at radius 1 is 0.903 bits per heavy atom. The van der Waals surface area contributed by atoms with E-state index in [-0.39, 0.29) is 0 Å². The summed E-state index contributed by atoms with van der Waals surface area (Å²) in [6, 6.07) is 11.0. The van der Waals surface area contributed by atoms with Crippen molar-refractivity contribution in [2.45, 2.75) is 83.5 Å². The Kier molecular flexibility index (Phi) is 9.60. The summed E-state index contributed by atoms with van der Waals surface area (Å²) in [6.07, 6.45) is 23.8. The van der Waals surface area contributed by atoms with Crippen molar-refractivity contribution in [2.24, 2.45) is 17.8 Å². The molecule has 0 bridgehead atoms. The summed E-state index contributed by atoms with van der Waals surface area (Å²) in [4.78, 5) is 0. The summed E-state index contributed by atoms with van der Waals surface area (Å²) in [5, 5.41) is 8.45. The zero-order chi connectivity index (χ0) is 21.9. The van der Waals surface area contributed by atoms with E-state index in [2.05, 4.69) is 49.4 Å². The molecule has 0 amide bonds. The number of nitrogens with zero attached hydrogens (tertiary/aromatic N) is 1. The van der Waals surface area contributed by atoms with Gasteiger partial charge in [0.05, 0.1) is 0 Å². The second-order valence-electron chi connectivity index (χ2n) is 9.53. The predicted molar refractivity (Wildman–Crippen MR) is 128 cm³/mol. The third-order valence-electron chi connectivity index (χ3n) is 7.25. The van der Waals surface area contributed by atoms with E-state index in [1.807, 2.05) is 0 Å². The van der Waals surface area contributed by atoms with Crippen molar-refractivity contribution in [1.29, 1.82) is 5.26 Å². The average molecular weight is 420 g/mol. The largest absolute Gasteiger partial charge is 0.199 e. The maximum Gasteiger partial charge on any atom is 0.199 e. The van der Waals surface area contributed by atoms with Gasteiger partial charge in [-0.05, 0) is 105 Å². The van der Waals surface area contributed by atoms with Gasteiger partial charge >= 0.3 is 0 Å². The summed E-state index contributed by atoms with van der Waals surface area (Å²) in [6.45, 7) is 2.26. The van der Waals surface area contributed by atoms with Crippen molar-refractivity contribution in [3.63, 3.8) is 0 Å². The Labute approximate surface area is 188 Å². The number of allylic oxidation sites excluding steroid dienone is 6. The first-order valence-corrected chi connectivity index (χ1v) is 12.4. The van der Waals surface area contributed by atoms with E-state index in [1.165, 1.54) is 75.5 Å². The van der Waals surface area contributed by atoms with Crippen LogP contribution in [0, 0.1) is 29.1 Å². The fraction of sp³-hybridized carbons (Fsp3) is 0.552. The lowest BCUT2D eigenvalue weighted by atomic mass is 9.77. The molecule has 0 aliphatic heterocycles. The molecule has 1 aromatic rings. The van der Waals surface area contributed by atoms with Crippen LogP contribution in [0.25, 0.3) is 0 Å². The average Bonchev–Trinajstić information content (AvgIpc) is 2.83. The Balaban J connectivity index is 1.38. The standard InChI is InChI=1S/C29H38FN/c1-2-3-5-23-14-18-27(19-15-23)28-20-16-26(17-21-28)13-12-25-10-8-24(9-11-25)6-4-7-29(30)22-31/h4,6-7,12-15,18-19,24-26,28H,2-3,5,8-11,16-17,20-21H2,1H3/b6-4?,13-12+,29-7?. The molecule has 1 nitrogen and oxygen atoms in total. The van der Waals surface area contributed by atoms with Gasteiger partial charge in [-0.2, -0.15) is 9.65 Å². The highest BCUT2D eigenvalue weighted by Crippen LogP contribution is 2.37. The predicted octanol–water partition coefficient (Wildman–Crippen LogP) is 8.60. The molecule has 2 aliphatic carbocycles. The number of nitriles is 1. The summed E-state index contributed by atoms with van der Waals surface area (Å²) in [5.41, 5.74) is 3.02. The molecule has 0 saturated heterocycles. The maximum atomic E-state index is 12.8. The third kappa shape index (κ3) is 7.80. The van der Waals surface area contributed by atoms with Gasteiger partial charge in [0.2, 0.25) is 0 Å². The monoisotopic (exact) mass is 419 g/mol. The van der Waals surface area contributed by atoms with E-state index < -0.39 is 5.83 Å². The lowest BCUT2D eigenvalue weighted by Crippen LogP contribution is -2.14. The summed E-state index contributed by atoms with van der Waals surface area (Å²) in [5.74, 6) is 2.00. The first-order valence-electron chi connectivity index (χ1n) is 12.4. The van der Waals surface area contributed by atoms with E-state index in [0.29, 0.717) is 11.8 Å². The smallest absolute Gasteiger partial charge is 0.195 e. The molecule has 2 heteroatoms. The highest BCUT2D eigenvalue weighted by atomic mass is 19.1. The van der Waals surface area contributed by atoms with Crippen LogP contribution in [0.5, 0.6) is 0 Å². The molecule has 0 heterocycles. The lowest BCUT2D eigenvalue weighted by Gasteiger charge is -2.28. The number of benzene rings is 1. The molecule has 0 unspecified atom stereocenters. The van der Waals surface area contributed by atoms with Crippen LogP contribution >= 0.6 is 0 Å². The van der Waals surface area contributed by atoms with Gasteiger partial charge in [-0.15, -0.1) is 0 Å². The van der Waals surface area contributed by atoms with Crippen LogP contribution in [0.1, 0.15) is 88.2 Å². The highest BCUT2D eigenvalue weighted by Gasteiger charge is 2.22. The van der Waals surface area contributed by atoms with E-state index in [4.69, 9.17) is 5.26 Å². The van der Waals surface area contributed by atoms with Crippen LogP contribution < -0.4 is 0 Å². The van der Waals surface area contributed by atoms with Gasteiger partial charge < -0.3 is 0 Å². The minimum atomic E-state index is -0.716. The van der Waals surface area contributed by atoms with E-state index in [1.54, 1.807) is 11.6 Å². The maximum absolute atomic E-state index is 12.8. The molecule has 1 aromatic carbocycles. The number of hydrogen-bond acceptors (Lipinski definition) is 1. The van der Waals surface area contributed by atoms with Gasteiger partial charge in [0.1, 0.15) is 6.07 Å². The Hall–Kier alpha value is -2.14. The van der Waals surface area contributed by atoms with Crippen molar-refractivity contribution in [3.05, 3.63) is 71.6 Å². The molecule has 0 aromatic heterocycles. The first-order chi connectivity index (χ1) is 15.2. The van der Waals surface area contributed by atoms with Gasteiger partial charge in [0.15, 0.2) is 5.83 Å². The van der Waals surface area contributed by atoms with Gasteiger partial charge in [-0.3, -0.25) is 0 Å². The molecule has 2 aliphatic rings. The molecular weight excluding hydrogens is 381 g/mol. The van der Waals surface area contributed by atoms with E-state index in [9.17, 15) is 4.39 Å². The van der Waals surface area contributed by atoms with Crippen LogP contribution in [0.15, 0.2) is 60.5 Å². The highest BCUT2D eigenvalue weighted by molar-refractivity contribution is 5.26. The Morgan fingerprint density at radius 3 is 2.00 bits per heavy atom. The minimum Gasteiger partial charge on any atom is -0.195 e. The summed E-state index contributed by atoms with van der Waals surface area (Å²) in [7, 11) is 0. The Bertz CT molecular complexity index is 779. The first kappa shape index (κ1) is 23.5. The quantitative estimate of drug-likeness (QED) is 0.235. The second kappa shape index (κ2) is 12.7. The number of halogens is 1. The number of aryl methyl sites for hydroxylation is 1. The number of hydrogen-bond donors (Lipinski definition) is 0. The SMILES string of the molecule is CCCCc1ccc(C2CCC(/C=C/C3CCC(C=CC=C(F)C#N)CC3)CC2)cc1. The molecule has 31 heavy (non-hydrogen) atoms. The van der Waals surface area contributed by atoms with Crippen molar-refractivity contribution in [2.75, 3.05) is 0 Å². The van der Waals surface area contributed by atoms with Crippen LogP contribution in [0.2, 0.25) is 0 Å². The zero-order valence-corrected chi connectivity index (χ0v) is 19.1. The van der Waals surface area contributed by atoms with Crippen LogP contribution in [-0.2, 0) is 6.42 Å². The lowest BCUT2D eigenvalue weighted by molar-refractivity contribution is 0.348. The minimum absolute atomic E-state index is 0.524. The van der Waals surface area contributed by atoms with Crippen LogP contribution in [0.4, 0.5) is 4.39 Å². The van der Waals surface area contributed by atoms with Crippen molar-refractivity contribution in [3.8, 4) is 6.07 Å². The molecule has 2 saturated carbocycles. The van der Waals surface area contributed by atoms with Gasteiger partial charge in [0, 0.05) is 0 Å². The van der Waals surface area contributed by atoms with Gasteiger partial charge in [-0.25, -0.2) is 0 Å². The van der Waals surface area contributed by atoms with E-state index in [0.717, 1.165) is 24.7 Å². The molecule has 0 spiro atoms. The third-order valence-corrected chi connectivity index (χ3v) is 7.25. The van der Waals surface area contributed by atoms with Gasteiger partial charge in [0.25, 0.3) is 0 Å². The summed E-state index contributed by atoms with van der Waals surface area (Å²) < 4.78 is 12.8. The zero-order valence-electron chi connectivity index (χ0n) is 19.1. The normalized spacial score (nSPS) is 27.6. The molecule has 2 fully saturated rings. The summed E-state index contributed by atoms with van der Waals surface area (Å²) >= 11 is 0. The fourth-order valence-corrected chi connectivity index (χ4v) is 5.16. The molecule has 0 atom stereocenters. The van der Waals surface area contributed by atoms with Crippen molar-refractivity contribution < 1.29 is 4.39 Å². The molecule has 3 rings (SSSR count). The number of rotatable bonds is 8. The molecular formula is C29H38FN. The van der Waals surface area contributed by atoms with Crippen molar-refractivity contribution in [1.82, 2.24) is 0 Å². The van der Waals surface area contributed by atoms with E-state index >= 15 is 0 Å². The Morgan fingerprint density at radius 2 is 1.45 bits per heavy atom.